The van der Waals surface area contributed by atoms with E-state index in [1.54, 1.807) is 148 Å². The molecule has 10 bridgehead atoms. The van der Waals surface area contributed by atoms with Gasteiger partial charge in [-0.3, -0.25) is 47.4 Å². The summed E-state index contributed by atoms with van der Waals surface area (Å²) >= 11 is 0. The summed E-state index contributed by atoms with van der Waals surface area (Å²) in [6.45, 7) is 3.78. The van der Waals surface area contributed by atoms with Gasteiger partial charge in [0.1, 0.15) is 23.2 Å². The Kier molecular flexibility index (Phi) is 29.6. The number of fused-ring (bicyclic) bond motifs is 10. The number of hydrogen-bond acceptors (Lipinski definition) is 27. The average Bonchev–Trinajstić information content (AvgIpc) is 1.55. The fourth-order valence-corrected chi connectivity index (χ4v) is 20.6. The summed E-state index contributed by atoms with van der Waals surface area (Å²) in [5.41, 5.74) is 9.23. The zero-order valence-electron chi connectivity index (χ0n) is 80.4. The molecular formula is C97H108F11N31O6. The van der Waals surface area contributed by atoms with E-state index < -0.39 is 78.2 Å². The first-order valence-electron chi connectivity index (χ1n) is 47.7. The van der Waals surface area contributed by atoms with Gasteiger partial charge in [-0.05, 0) is 188 Å². The third-order valence-corrected chi connectivity index (χ3v) is 27.8. The van der Waals surface area contributed by atoms with E-state index in [0.717, 1.165) is 121 Å². The van der Waals surface area contributed by atoms with Crippen molar-refractivity contribution in [3.63, 3.8) is 0 Å². The highest BCUT2D eigenvalue weighted by Crippen LogP contribution is 2.49. The molecule has 11 aliphatic heterocycles. The molecule has 10 aromatic rings. The number of carbonyl (C=O) groups excluding carboxylic acids is 5. The number of halogens is 11. The number of hydrogen-bond donors (Lipinski definition) is 5. The van der Waals surface area contributed by atoms with Crippen molar-refractivity contribution in [2.24, 2.45) is 52.0 Å². The van der Waals surface area contributed by atoms with Crippen molar-refractivity contribution >= 4 is 116 Å². The quantitative estimate of drug-likeness (QED) is 0.0417. The van der Waals surface area contributed by atoms with E-state index >= 15 is 0 Å². The smallest absolute Gasteiger partial charge is 0.381 e. The Morgan fingerprint density at radius 2 is 0.703 bits per heavy atom. The van der Waals surface area contributed by atoms with Gasteiger partial charge in [0, 0.05) is 141 Å². The van der Waals surface area contributed by atoms with E-state index in [9.17, 15) is 77.5 Å². The van der Waals surface area contributed by atoms with E-state index in [4.69, 9.17) is 4.74 Å². The summed E-state index contributed by atoms with van der Waals surface area (Å²) in [4.78, 5) is 115. The Morgan fingerprint density at radius 3 is 0.959 bits per heavy atom. The minimum atomic E-state index is -4.59. The topological polar surface area (TPSA) is 413 Å². The molecule has 10 aromatic heterocycles. The molecule has 6 fully saturated rings. The molecule has 48 heteroatoms. The zero-order chi connectivity index (χ0) is 103. The molecule has 37 nitrogen and oxygen atoms in total. The standard InChI is InChI=1S/C22H25N7O2.C20H23F3N6O.C19H21F3N6O.C18H19F3N6O.C18H20F2N6O/c1-28-13-16(12-25-28)26-21-24-7-4-19(27-21)15-10-17-2-3-18(11-15)29(17)20(30)22(14-23)5-8-31-9-6-22;1-19(2,20(21,22)23)17(30)29-14-4-5-15(29)9-12(8-14)16-6-7-24-18(27-16)26-13-10-25-28(3)11-13;1-11(19(20,21)22)17(29)28-14-3-4-15(28)8-12(7-14)16-5-6-23-18(26-16)25-13-9-24-27(2)10-13;1-26-10-12(9-23-26)24-17-22-5-4-15(25-17)11-6-13-2-3-14(7-11)27(13)16(28)8-18(19,20)21;1-25-10-12(9-22-25)23-18-21-5-4-15(24-18)11-6-13-2-3-14(7-11)26(13)17(27)8-16(19)20/h4,7,10,12-13,17-18H,2-3,5-6,8-9,11H2,1H3,(H,24,26,27);6-8,10-11,14-15H,4-5,9H2,1-3H3,(H,24,26,27);5-7,9-11,14-15H,3-4,8H2,1-2H3,(H,23,25,26);4-6,9-10,13-14H,2-3,7-8H2,1H3,(H,22,24,25);4-6,9-10,13-14,16H,2-3,7-8H2,1H3,(H,21,23,24). The molecule has 0 saturated carbocycles. The Balaban J connectivity index is 0.000000124. The normalized spacial score (nSPS) is 22.3. The lowest BCUT2D eigenvalue weighted by Gasteiger charge is -2.40. The maximum absolute atomic E-state index is 13.4. The summed E-state index contributed by atoms with van der Waals surface area (Å²) in [6.07, 6.45) is 28.5. The van der Waals surface area contributed by atoms with Gasteiger partial charge in [0.05, 0.1) is 131 Å². The van der Waals surface area contributed by atoms with Crippen LogP contribution >= 0.6 is 0 Å². The van der Waals surface area contributed by atoms with Gasteiger partial charge < -0.3 is 55.8 Å². The molecule has 11 unspecified atom stereocenters. The summed E-state index contributed by atoms with van der Waals surface area (Å²) in [6, 6.07) is 9.64. The monoisotopic (exact) mass is 2010 g/mol. The van der Waals surface area contributed by atoms with Crippen LogP contribution in [-0.4, -0.2) is 251 Å². The number of nitrogens with zero attached hydrogens (tertiary/aromatic N) is 26. The zero-order valence-corrected chi connectivity index (χ0v) is 80.4. The van der Waals surface area contributed by atoms with Gasteiger partial charge in [0.15, 0.2) is 0 Å². The number of aromatic nitrogens is 20. The predicted molar refractivity (Wildman–Crippen MR) is 508 cm³/mol. The summed E-state index contributed by atoms with van der Waals surface area (Å²) in [5.74, 6) is -2.83. The lowest BCUT2D eigenvalue weighted by Crippen LogP contribution is -2.53. The maximum atomic E-state index is 13.4. The van der Waals surface area contributed by atoms with Crippen molar-refractivity contribution in [3.05, 3.63) is 182 Å². The lowest BCUT2D eigenvalue weighted by atomic mass is 9.79. The highest BCUT2D eigenvalue weighted by molar-refractivity contribution is 5.89. The molecule has 6 saturated heterocycles. The highest BCUT2D eigenvalue weighted by Gasteiger charge is 2.58. The number of nitriles is 1. The van der Waals surface area contributed by atoms with E-state index in [1.807, 2.05) is 67.8 Å². The van der Waals surface area contributed by atoms with Crippen LogP contribution < -0.4 is 26.6 Å². The van der Waals surface area contributed by atoms with Crippen LogP contribution in [0, 0.1) is 28.1 Å². The van der Waals surface area contributed by atoms with Crippen LogP contribution in [-0.2, 0) is 63.9 Å². The van der Waals surface area contributed by atoms with Gasteiger partial charge >= 0.3 is 18.5 Å². The van der Waals surface area contributed by atoms with Crippen molar-refractivity contribution in [1.29, 1.82) is 5.26 Å². The minimum Gasteiger partial charge on any atom is -0.381 e. The Bertz CT molecular complexity index is 6620. The van der Waals surface area contributed by atoms with Gasteiger partial charge in [-0.2, -0.15) is 70.3 Å². The number of amides is 5. The van der Waals surface area contributed by atoms with Crippen molar-refractivity contribution < 1.29 is 77.0 Å². The second kappa shape index (κ2) is 42.2. The maximum Gasteiger partial charge on any atom is 0.402 e. The fourth-order valence-electron chi connectivity index (χ4n) is 20.6. The molecule has 5 amide bonds. The van der Waals surface area contributed by atoms with Crippen LogP contribution in [0.25, 0.3) is 27.9 Å². The molecule has 0 aliphatic carbocycles. The molecule has 11 atom stereocenters. The largest absolute Gasteiger partial charge is 0.402 e. The van der Waals surface area contributed by atoms with E-state index in [2.05, 4.69) is 114 Å². The molecule has 0 radical (unpaired) electrons. The summed E-state index contributed by atoms with van der Waals surface area (Å²) in [7, 11) is 9.09. The highest BCUT2D eigenvalue weighted by atomic mass is 19.4. The number of carbonyl (C=O) groups is 5. The minimum absolute atomic E-state index is 0.0130. The first-order chi connectivity index (χ1) is 69.1. The first-order valence-corrected chi connectivity index (χ1v) is 47.7. The van der Waals surface area contributed by atoms with Gasteiger partial charge in [-0.15, -0.1) is 0 Å². The molecular weight excluding hydrogens is 1900 g/mol. The van der Waals surface area contributed by atoms with Crippen LogP contribution in [0.4, 0.5) is 106 Å². The molecule has 21 heterocycles. The molecule has 0 aromatic carbocycles. The van der Waals surface area contributed by atoms with Crippen LogP contribution in [0.3, 0.4) is 0 Å². The third-order valence-electron chi connectivity index (χ3n) is 27.8. The van der Waals surface area contributed by atoms with Gasteiger partial charge in [-0.25, -0.2) is 58.6 Å². The van der Waals surface area contributed by atoms with Crippen LogP contribution in [0.15, 0.2) is 154 Å². The summed E-state index contributed by atoms with van der Waals surface area (Å²) < 4.78 is 156. The van der Waals surface area contributed by atoms with Crippen molar-refractivity contribution in [2.75, 3.05) is 39.8 Å². The Hall–Kier alpha value is -14.8. The summed E-state index contributed by atoms with van der Waals surface area (Å²) in [5, 5.41) is 45.8. The number of ether oxygens (including phenoxy) is 1. The van der Waals surface area contributed by atoms with Crippen LogP contribution in [0.5, 0.6) is 0 Å². The second-order valence-electron chi connectivity index (χ2n) is 38.3. The van der Waals surface area contributed by atoms with Crippen molar-refractivity contribution in [3.8, 4) is 6.07 Å². The number of alkyl halides is 11. The van der Waals surface area contributed by atoms with Crippen LogP contribution in [0.1, 0.15) is 171 Å². The van der Waals surface area contributed by atoms with Crippen molar-refractivity contribution in [2.45, 2.75) is 228 Å². The Labute approximate surface area is 825 Å². The Morgan fingerprint density at radius 1 is 0.421 bits per heavy atom. The lowest BCUT2D eigenvalue weighted by molar-refractivity contribution is -0.218. The first kappa shape index (κ1) is 102. The fraction of sp³-hybridized carbons (Fsp3) is 0.474. The SMILES string of the molecule is CC(C(=O)N1C2C=C(c3ccnc(Nc4cnn(C)c4)n3)CC1CC2)C(F)(F)F.Cn1cc(Nc2nccc(C3=CC4CCC(C3)N4C(=O)C(C)(C)C(F)(F)F)n2)cn1.Cn1cc(Nc2nccc(C3=CC4CCC(C3)N4C(=O)C3(C#N)CCOCC3)n2)cn1.Cn1cc(Nc2nccc(C3=CC4CCC(C3)N4C(=O)CC(F)(F)F)n2)cn1.Cn1cc(Nc2nccc(C3=CC4CCC(C3)N4C(=O)CC(F)F)n2)cn1. The van der Waals surface area contributed by atoms with Gasteiger partial charge in [-0.1, -0.05) is 30.4 Å². The van der Waals surface area contributed by atoms with Gasteiger partial charge in [0.2, 0.25) is 65.7 Å². The van der Waals surface area contributed by atoms with Crippen molar-refractivity contribution in [1.82, 2.24) is 123 Å². The van der Waals surface area contributed by atoms with Crippen LogP contribution in [0.2, 0.25) is 0 Å². The molecule has 11 aliphatic rings. The molecule has 145 heavy (non-hydrogen) atoms. The number of rotatable bonds is 21. The van der Waals surface area contributed by atoms with Gasteiger partial charge in [0.25, 0.3) is 0 Å². The number of nitrogens with one attached hydrogen (secondary N) is 5. The molecule has 5 N–H and O–H groups in total. The van der Waals surface area contributed by atoms with E-state index in [-0.39, 0.29) is 66.3 Å². The number of aryl methyl sites for hydroxylation is 5. The number of anilines is 10. The second-order valence-corrected chi connectivity index (χ2v) is 38.3. The van der Waals surface area contributed by atoms with E-state index in [0.29, 0.717) is 137 Å². The third kappa shape index (κ3) is 23.5. The predicted octanol–water partition coefficient (Wildman–Crippen LogP) is 15.2. The molecule has 0 spiro atoms. The molecule has 764 valence electrons. The molecule has 21 rings (SSSR count). The average molecular weight is 2010 g/mol. The van der Waals surface area contributed by atoms with E-state index in [1.165, 1.54) is 14.7 Å².